The second-order valence-electron chi connectivity index (χ2n) is 4.21. The van der Waals surface area contributed by atoms with E-state index in [2.05, 4.69) is 66.4 Å². The van der Waals surface area contributed by atoms with Crippen LogP contribution in [0.4, 0.5) is 0 Å². The Hall–Kier alpha value is 0.01000. The number of thioether (sulfide) groups is 1. The van der Waals surface area contributed by atoms with Gasteiger partial charge in [-0.05, 0) is 41.0 Å². The number of rotatable bonds is 7. The molecular weight excluding hydrogens is 294 g/mol. The molecule has 0 radical (unpaired) electrons. The van der Waals surface area contributed by atoms with Crippen LogP contribution >= 0.6 is 27.7 Å². The lowest BCUT2D eigenvalue weighted by Crippen LogP contribution is -2.35. The molecule has 96 valence electrons. The van der Waals surface area contributed by atoms with Gasteiger partial charge in [0.05, 0.1) is 0 Å². The van der Waals surface area contributed by atoms with E-state index in [1.165, 1.54) is 22.2 Å². The van der Waals surface area contributed by atoms with Crippen molar-refractivity contribution in [2.24, 2.45) is 5.92 Å². The van der Waals surface area contributed by atoms with E-state index >= 15 is 0 Å². The molecule has 1 rings (SSSR count). The molecule has 1 atom stereocenters. The fourth-order valence-corrected chi connectivity index (χ4v) is 3.86. The second-order valence-corrected chi connectivity index (χ2v) is 6.13. The van der Waals surface area contributed by atoms with E-state index in [9.17, 15) is 0 Å². The minimum absolute atomic E-state index is 0.599. The number of hydrogen-bond donors (Lipinski definition) is 1. The first-order valence-electron chi connectivity index (χ1n) is 6.27. The minimum atomic E-state index is 0.599. The molecule has 0 amide bonds. The van der Waals surface area contributed by atoms with Gasteiger partial charge in [-0.1, -0.05) is 38.8 Å². The molecule has 1 aromatic carbocycles. The van der Waals surface area contributed by atoms with Crippen LogP contribution in [-0.2, 0) is 0 Å². The lowest BCUT2D eigenvalue weighted by atomic mass is 9.96. The van der Waals surface area contributed by atoms with Crippen LogP contribution in [0.5, 0.6) is 0 Å². The van der Waals surface area contributed by atoms with Gasteiger partial charge in [0.25, 0.3) is 0 Å². The Kier molecular flexibility index (Phi) is 7.24. The quantitative estimate of drug-likeness (QED) is 0.740. The summed E-state index contributed by atoms with van der Waals surface area (Å²) in [5.74, 6) is 1.90. The highest BCUT2D eigenvalue weighted by Crippen LogP contribution is 2.29. The van der Waals surface area contributed by atoms with Crippen LogP contribution in [0.2, 0.25) is 0 Å². The Balaban J connectivity index is 2.56. The molecule has 0 aliphatic rings. The molecule has 3 heteroatoms. The van der Waals surface area contributed by atoms with E-state index in [0.717, 1.165) is 11.7 Å². The monoisotopic (exact) mass is 315 g/mol. The van der Waals surface area contributed by atoms with Gasteiger partial charge in [0, 0.05) is 21.2 Å². The summed E-state index contributed by atoms with van der Waals surface area (Å²) in [7, 11) is 2.07. The van der Waals surface area contributed by atoms with Gasteiger partial charge in [-0.3, -0.25) is 0 Å². The Morgan fingerprint density at radius 3 is 2.41 bits per heavy atom. The van der Waals surface area contributed by atoms with Gasteiger partial charge in [-0.25, -0.2) is 0 Å². The van der Waals surface area contributed by atoms with Gasteiger partial charge in [-0.15, -0.1) is 11.8 Å². The van der Waals surface area contributed by atoms with Crippen molar-refractivity contribution in [1.82, 2.24) is 5.32 Å². The summed E-state index contributed by atoms with van der Waals surface area (Å²) >= 11 is 5.53. The van der Waals surface area contributed by atoms with Gasteiger partial charge in [0.15, 0.2) is 0 Å². The lowest BCUT2D eigenvalue weighted by Gasteiger charge is -2.24. The van der Waals surface area contributed by atoms with Gasteiger partial charge >= 0.3 is 0 Å². The van der Waals surface area contributed by atoms with Crippen molar-refractivity contribution >= 4 is 27.7 Å². The average molecular weight is 316 g/mol. The summed E-state index contributed by atoms with van der Waals surface area (Å²) in [6.07, 6.45) is 2.50. The summed E-state index contributed by atoms with van der Waals surface area (Å²) in [6, 6.07) is 9.04. The van der Waals surface area contributed by atoms with Crippen LogP contribution in [0.1, 0.15) is 26.7 Å². The van der Waals surface area contributed by atoms with Crippen LogP contribution in [0.3, 0.4) is 0 Å². The minimum Gasteiger partial charge on any atom is -0.316 e. The molecule has 1 N–H and O–H groups in total. The second kappa shape index (κ2) is 8.17. The van der Waals surface area contributed by atoms with Crippen molar-refractivity contribution in [3.05, 3.63) is 28.7 Å². The molecular formula is C14H22BrNS. The Morgan fingerprint density at radius 2 is 1.88 bits per heavy atom. The highest BCUT2D eigenvalue weighted by atomic mass is 79.9. The third kappa shape index (κ3) is 4.65. The Morgan fingerprint density at radius 1 is 1.24 bits per heavy atom. The largest absolute Gasteiger partial charge is 0.316 e. The average Bonchev–Trinajstić information content (AvgIpc) is 2.36. The van der Waals surface area contributed by atoms with E-state index < -0.39 is 0 Å². The Labute approximate surface area is 118 Å². The third-order valence-electron chi connectivity index (χ3n) is 3.24. The maximum Gasteiger partial charge on any atom is 0.0311 e. The van der Waals surface area contributed by atoms with E-state index in [1.54, 1.807) is 0 Å². The van der Waals surface area contributed by atoms with E-state index in [4.69, 9.17) is 0 Å². The summed E-state index contributed by atoms with van der Waals surface area (Å²) < 4.78 is 1.20. The highest BCUT2D eigenvalue weighted by Gasteiger charge is 2.16. The molecule has 0 saturated carbocycles. The fourth-order valence-electron chi connectivity index (χ4n) is 2.05. The number of nitrogens with one attached hydrogen (secondary N) is 1. The summed E-state index contributed by atoms with van der Waals surface area (Å²) in [5, 5.41) is 3.46. The first-order valence-corrected chi connectivity index (χ1v) is 8.05. The van der Waals surface area contributed by atoms with Crippen molar-refractivity contribution < 1.29 is 0 Å². The van der Waals surface area contributed by atoms with Crippen LogP contribution in [0, 0.1) is 5.92 Å². The van der Waals surface area contributed by atoms with Gasteiger partial charge in [-0.2, -0.15) is 0 Å². The van der Waals surface area contributed by atoms with E-state index in [0.29, 0.717) is 6.04 Å². The van der Waals surface area contributed by atoms with Crippen molar-refractivity contribution in [3.63, 3.8) is 0 Å². The molecule has 0 saturated heterocycles. The fraction of sp³-hybridized carbons (Fsp3) is 0.571. The predicted octanol–water partition coefficient (Wildman–Crippen LogP) is 4.57. The molecule has 0 spiro atoms. The lowest BCUT2D eigenvalue weighted by molar-refractivity contribution is 0.378. The molecule has 0 bridgehead atoms. The molecule has 0 fully saturated rings. The first kappa shape index (κ1) is 15.1. The summed E-state index contributed by atoms with van der Waals surface area (Å²) in [6.45, 7) is 4.56. The molecule has 0 aliphatic carbocycles. The van der Waals surface area contributed by atoms with Crippen molar-refractivity contribution in [1.29, 1.82) is 0 Å². The highest BCUT2D eigenvalue weighted by molar-refractivity contribution is 9.10. The molecule has 1 nitrogen and oxygen atoms in total. The molecule has 1 unspecified atom stereocenters. The molecule has 1 aromatic rings. The summed E-state index contributed by atoms with van der Waals surface area (Å²) in [4.78, 5) is 1.33. The zero-order chi connectivity index (χ0) is 12.7. The molecule has 0 heterocycles. The predicted molar refractivity (Wildman–Crippen MR) is 81.8 cm³/mol. The standard InChI is InChI=1S/C14H22BrNS/c1-4-11(5-2)13(16-3)10-17-14-9-7-6-8-12(14)15/h6-9,11,13,16H,4-5,10H2,1-3H3. The first-order chi connectivity index (χ1) is 8.22. The maximum atomic E-state index is 3.60. The topological polar surface area (TPSA) is 12.0 Å². The smallest absolute Gasteiger partial charge is 0.0311 e. The number of hydrogen-bond acceptors (Lipinski definition) is 2. The van der Waals surface area contributed by atoms with E-state index in [1.807, 2.05) is 11.8 Å². The van der Waals surface area contributed by atoms with Gasteiger partial charge in [0.2, 0.25) is 0 Å². The zero-order valence-corrected chi connectivity index (χ0v) is 13.3. The number of halogens is 1. The zero-order valence-electron chi connectivity index (χ0n) is 10.9. The van der Waals surface area contributed by atoms with Gasteiger partial charge < -0.3 is 5.32 Å². The molecule has 17 heavy (non-hydrogen) atoms. The van der Waals surface area contributed by atoms with Crippen LogP contribution in [0.15, 0.2) is 33.6 Å². The summed E-state index contributed by atoms with van der Waals surface area (Å²) in [5.41, 5.74) is 0. The van der Waals surface area contributed by atoms with Crippen LogP contribution < -0.4 is 5.32 Å². The van der Waals surface area contributed by atoms with E-state index in [-0.39, 0.29) is 0 Å². The maximum absolute atomic E-state index is 3.60. The van der Waals surface area contributed by atoms with Crippen LogP contribution in [-0.4, -0.2) is 18.8 Å². The SMILES string of the molecule is CCC(CC)C(CSc1ccccc1Br)NC. The van der Waals surface area contributed by atoms with Gasteiger partial charge in [0.1, 0.15) is 0 Å². The third-order valence-corrected chi connectivity index (χ3v) is 5.39. The normalized spacial score (nSPS) is 13.0. The molecule has 0 aromatic heterocycles. The van der Waals surface area contributed by atoms with Crippen molar-refractivity contribution in [2.75, 3.05) is 12.8 Å². The Bertz CT molecular complexity index is 326. The van der Waals surface area contributed by atoms with Crippen LogP contribution in [0.25, 0.3) is 0 Å². The van der Waals surface area contributed by atoms with Crippen molar-refractivity contribution in [2.45, 2.75) is 37.6 Å². The molecule has 0 aliphatic heterocycles. The number of benzene rings is 1. The van der Waals surface area contributed by atoms with Crippen molar-refractivity contribution in [3.8, 4) is 0 Å².